The summed E-state index contributed by atoms with van der Waals surface area (Å²) in [7, 11) is 4.58. The SMILES string of the molecule is CO[C@H]1C[C@H]2CC[C@H](C)[C@](O)(O2)C(=O)C(=O)N2CCCC[C@H]2C(=O)O[C@H]([C@@H](C)C[C@@H]2CC[C@@H](OCCO)[C@H](OC)C2)CC(=O)[C@H](C)/C=C(\C)[C@@H](O)[C@@H](OC)C(=O)[C@H](C)C[C@H](C)/C=C/C=CC=C1C. The van der Waals surface area contributed by atoms with Crippen molar-refractivity contribution >= 4 is 29.2 Å². The van der Waals surface area contributed by atoms with Crippen LogP contribution in [0, 0.1) is 35.5 Å². The predicted molar refractivity (Wildman–Crippen MR) is 256 cm³/mol. The molecule has 4 rings (SSSR count). The van der Waals surface area contributed by atoms with Crippen molar-refractivity contribution in [3.63, 3.8) is 0 Å². The molecule has 4 aliphatic rings. The van der Waals surface area contributed by atoms with Gasteiger partial charge >= 0.3 is 5.97 Å². The Labute approximate surface area is 405 Å². The number of ketones is 3. The lowest BCUT2D eigenvalue weighted by Crippen LogP contribution is -2.61. The number of rotatable bonds is 9. The second kappa shape index (κ2) is 27.3. The second-order valence-corrected chi connectivity index (χ2v) is 20.2. The number of esters is 1. The highest BCUT2D eigenvalue weighted by atomic mass is 16.6. The van der Waals surface area contributed by atoms with Crippen molar-refractivity contribution in [1.29, 1.82) is 0 Å². The molecule has 15 heteroatoms. The highest BCUT2D eigenvalue weighted by molar-refractivity contribution is 6.39. The number of aliphatic hydroxyl groups excluding tert-OH is 2. The molecular formula is C53H83NO14. The van der Waals surface area contributed by atoms with E-state index in [-0.39, 0.29) is 74.1 Å². The number of piperidine rings is 1. The van der Waals surface area contributed by atoms with Crippen LogP contribution in [0.5, 0.6) is 0 Å². The zero-order chi connectivity index (χ0) is 50.3. The first kappa shape index (κ1) is 57.2. The standard InChI is InChI=1S/C53H83NO14/c1-32-16-12-11-13-17-33(2)44(63-8)30-40-21-19-38(7)53(62,68-40)50(59)51(60)54-23-15-14-18-41(54)52(61)67-45(35(4)28-39-20-22-43(66-25-24-55)46(29-39)64-9)31-42(56)34(3)27-37(6)48(58)49(65-10)47(57)36(5)26-32/h11-13,16-17,27,32,34-36,38-41,43-46,48-49,55,58,62H,14-15,18-26,28-31H2,1-10H3/b13-11?,16-12+,33-17?,37-27+/t32-,34-,35+,36-,38+,39+,40-,41+,43-,44+,45+,46-,48-,49+,53+/m1/s1. The van der Waals surface area contributed by atoms with Crippen LogP contribution >= 0.6 is 0 Å². The summed E-state index contributed by atoms with van der Waals surface area (Å²) in [5.74, 6) is -7.96. The van der Waals surface area contributed by atoms with Gasteiger partial charge in [-0.2, -0.15) is 0 Å². The number of aliphatic hydroxyl groups is 3. The van der Waals surface area contributed by atoms with E-state index in [1.165, 1.54) is 12.0 Å². The smallest absolute Gasteiger partial charge is 0.329 e. The third kappa shape index (κ3) is 15.3. The van der Waals surface area contributed by atoms with E-state index in [0.717, 1.165) is 12.0 Å². The monoisotopic (exact) mass is 958 g/mol. The highest BCUT2D eigenvalue weighted by Crippen LogP contribution is 2.38. The molecule has 384 valence electrons. The summed E-state index contributed by atoms with van der Waals surface area (Å²) in [6, 6.07) is -1.14. The Balaban J connectivity index is 1.70. The third-order valence-corrected chi connectivity index (χ3v) is 14.9. The lowest BCUT2D eigenvalue weighted by Gasteiger charge is -2.42. The van der Waals surface area contributed by atoms with Gasteiger partial charge in [0.1, 0.15) is 30.1 Å². The van der Waals surface area contributed by atoms with E-state index in [1.54, 1.807) is 41.1 Å². The van der Waals surface area contributed by atoms with Gasteiger partial charge in [-0.1, -0.05) is 71.1 Å². The van der Waals surface area contributed by atoms with Crippen LogP contribution in [0.15, 0.2) is 47.6 Å². The Morgan fingerprint density at radius 2 is 1.59 bits per heavy atom. The quantitative estimate of drug-likeness (QED) is 0.134. The molecule has 15 atom stereocenters. The number of hydrogen-bond donors (Lipinski definition) is 3. The molecule has 1 amide bonds. The van der Waals surface area contributed by atoms with Gasteiger partial charge < -0.3 is 48.6 Å². The lowest BCUT2D eigenvalue weighted by molar-refractivity contribution is -0.265. The normalized spacial score (nSPS) is 37.9. The van der Waals surface area contributed by atoms with Crippen molar-refractivity contribution in [2.75, 3.05) is 41.1 Å². The molecule has 1 saturated carbocycles. The van der Waals surface area contributed by atoms with E-state index in [4.69, 9.17) is 28.4 Å². The molecule has 0 radical (unpaired) electrons. The van der Waals surface area contributed by atoms with Gasteiger partial charge in [0, 0.05) is 58.5 Å². The zero-order valence-corrected chi connectivity index (χ0v) is 42.4. The van der Waals surface area contributed by atoms with E-state index in [0.29, 0.717) is 63.4 Å². The van der Waals surface area contributed by atoms with Crippen LogP contribution in [-0.4, -0.2) is 145 Å². The molecule has 3 aliphatic heterocycles. The van der Waals surface area contributed by atoms with Crippen LogP contribution < -0.4 is 0 Å². The number of carbonyl (C=O) groups excluding carboxylic acids is 5. The molecule has 0 spiro atoms. The molecule has 0 aromatic rings. The van der Waals surface area contributed by atoms with Gasteiger partial charge in [0.15, 0.2) is 5.78 Å². The van der Waals surface area contributed by atoms with Crippen LogP contribution in [0.4, 0.5) is 0 Å². The summed E-state index contributed by atoms with van der Waals surface area (Å²) >= 11 is 0. The summed E-state index contributed by atoms with van der Waals surface area (Å²) in [5, 5.41) is 32.8. The van der Waals surface area contributed by atoms with Crippen LogP contribution in [0.1, 0.15) is 126 Å². The van der Waals surface area contributed by atoms with Crippen LogP contribution in [0.2, 0.25) is 0 Å². The fourth-order valence-corrected chi connectivity index (χ4v) is 10.5. The first-order valence-corrected chi connectivity index (χ1v) is 25.0. The van der Waals surface area contributed by atoms with Crippen molar-refractivity contribution in [2.24, 2.45) is 35.5 Å². The maximum atomic E-state index is 14.5. The molecule has 3 N–H and O–H groups in total. The number of allylic oxidation sites excluding steroid dienone is 6. The van der Waals surface area contributed by atoms with Gasteiger partial charge in [0.2, 0.25) is 5.79 Å². The Morgan fingerprint density at radius 3 is 2.26 bits per heavy atom. The molecule has 1 aliphatic carbocycles. The first-order chi connectivity index (χ1) is 32.3. The van der Waals surface area contributed by atoms with Crippen molar-refractivity contribution in [3.05, 3.63) is 47.6 Å². The Morgan fingerprint density at radius 1 is 0.853 bits per heavy atom. The molecular weight excluding hydrogens is 875 g/mol. The summed E-state index contributed by atoms with van der Waals surface area (Å²) < 4.78 is 35.6. The maximum absolute atomic E-state index is 14.5. The Hall–Kier alpha value is -3.41. The second-order valence-electron chi connectivity index (χ2n) is 20.2. The van der Waals surface area contributed by atoms with Crippen molar-refractivity contribution in [3.8, 4) is 0 Å². The van der Waals surface area contributed by atoms with E-state index in [9.17, 15) is 39.3 Å². The summed E-state index contributed by atoms with van der Waals surface area (Å²) in [6.07, 6.45) is 12.0. The molecule has 15 nitrogen and oxygen atoms in total. The fourth-order valence-electron chi connectivity index (χ4n) is 10.5. The summed E-state index contributed by atoms with van der Waals surface area (Å²) in [5.41, 5.74) is 1.26. The lowest BCUT2D eigenvalue weighted by atomic mass is 9.78. The van der Waals surface area contributed by atoms with Crippen molar-refractivity contribution in [2.45, 2.75) is 180 Å². The number of ether oxygens (including phenoxy) is 6. The number of carbonyl (C=O) groups is 5. The number of amides is 1. The summed E-state index contributed by atoms with van der Waals surface area (Å²) in [4.78, 5) is 72.1. The minimum atomic E-state index is -2.43. The third-order valence-electron chi connectivity index (χ3n) is 14.9. The van der Waals surface area contributed by atoms with Gasteiger partial charge in [0.25, 0.3) is 11.7 Å². The molecule has 68 heavy (non-hydrogen) atoms. The van der Waals surface area contributed by atoms with E-state index < -0.39 is 77.8 Å². The van der Waals surface area contributed by atoms with Gasteiger partial charge in [0.05, 0.1) is 37.6 Å². The first-order valence-electron chi connectivity index (χ1n) is 25.0. The molecule has 0 unspecified atom stereocenters. The number of nitrogens with zero attached hydrogens (tertiary/aromatic N) is 1. The molecule has 2 saturated heterocycles. The average Bonchev–Trinajstić information content (AvgIpc) is 3.32. The Kier molecular flexibility index (Phi) is 22.9. The van der Waals surface area contributed by atoms with Crippen LogP contribution in [0.3, 0.4) is 0 Å². The van der Waals surface area contributed by atoms with E-state index in [1.807, 2.05) is 58.1 Å². The largest absolute Gasteiger partial charge is 0.460 e. The van der Waals surface area contributed by atoms with E-state index in [2.05, 4.69) is 0 Å². The van der Waals surface area contributed by atoms with Gasteiger partial charge in [-0.3, -0.25) is 19.2 Å². The summed E-state index contributed by atoms with van der Waals surface area (Å²) in [6.45, 7) is 12.9. The van der Waals surface area contributed by atoms with Crippen LogP contribution in [-0.2, 0) is 52.4 Å². The molecule has 0 aromatic carbocycles. The molecule has 2 bridgehead atoms. The van der Waals surface area contributed by atoms with Gasteiger partial charge in [-0.15, -0.1) is 0 Å². The van der Waals surface area contributed by atoms with Crippen molar-refractivity contribution in [1.82, 2.24) is 4.90 Å². The van der Waals surface area contributed by atoms with Crippen LogP contribution in [0.25, 0.3) is 0 Å². The number of Topliss-reactive ketones (excluding diaryl/α,β-unsaturated/α-hetero) is 3. The predicted octanol–water partition coefficient (Wildman–Crippen LogP) is 6.20. The number of methoxy groups -OCH3 is 3. The highest BCUT2D eigenvalue weighted by Gasteiger charge is 2.53. The minimum Gasteiger partial charge on any atom is -0.460 e. The molecule has 3 heterocycles. The minimum absolute atomic E-state index is 0.0158. The van der Waals surface area contributed by atoms with E-state index >= 15 is 0 Å². The number of cyclic esters (lactones) is 1. The molecule has 3 fully saturated rings. The zero-order valence-electron chi connectivity index (χ0n) is 42.4. The topological polar surface area (TPSA) is 205 Å². The maximum Gasteiger partial charge on any atom is 0.329 e. The number of hydrogen-bond acceptors (Lipinski definition) is 14. The van der Waals surface area contributed by atoms with Gasteiger partial charge in [-0.25, -0.2) is 4.79 Å². The van der Waals surface area contributed by atoms with Gasteiger partial charge in [-0.05, 0) is 107 Å². The fraction of sp³-hybridized carbons (Fsp3) is 0.755. The number of fused-ring (bicyclic) bond motifs is 3. The Bertz CT molecular complexity index is 1810. The average molecular weight is 958 g/mol. The van der Waals surface area contributed by atoms with Crippen molar-refractivity contribution < 1.29 is 67.7 Å². The molecule has 0 aromatic heterocycles.